The molecule has 0 unspecified atom stereocenters. The lowest BCUT2D eigenvalue weighted by atomic mass is 10.1. The van der Waals surface area contributed by atoms with Crippen LogP contribution in [0.15, 0.2) is 48.0 Å². The van der Waals surface area contributed by atoms with Crippen LogP contribution in [0.3, 0.4) is 0 Å². The summed E-state index contributed by atoms with van der Waals surface area (Å²) >= 11 is 4.34. The summed E-state index contributed by atoms with van der Waals surface area (Å²) in [4.78, 5) is 11.1. The number of nitrogens with two attached hydrogens (primary N) is 1. The lowest BCUT2D eigenvalue weighted by molar-refractivity contribution is -0.114. The van der Waals surface area contributed by atoms with Gasteiger partial charge >= 0.3 is 0 Å². The average molecular weight is 530 g/mol. The third-order valence-corrected chi connectivity index (χ3v) is 4.55. The van der Waals surface area contributed by atoms with Gasteiger partial charge in [0.1, 0.15) is 24.0 Å². The molecule has 0 bridgehead atoms. The van der Waals surface area contributed by atoms with E-state index in [2.05, 4.69) is 45.2 Å². The Morgan fingerprint density at radius 3 is 2.35 bits per heavy atom. The standard InChI is InChI=1S/C17H12I2N2O2/c18-14-7-12(6-13(9-20)17(21)22)8-15(19)16(14)23-10-11-4-2-1-3-5-11/h1-8H,10H2,(H2,21,22)/b13-6+. The van der Waals surface area contributed by atoms with Crippen molar-refractivity contribution < 1.29 is 9.53 Å². The van der Waals surface area contributed by atoms with E-state index < -0.39 is 5.91 Å². The molecule has 2 aromatic carbocycles. The summed E-state index contributed by atoms with van der Waals surface area (Å²) in [5.74, 6) is 0.0479. The fourth-order valence-electron chi connectivity index (χ4n) is 1.86. The minimum Gasteiger partial charge on any atom is -0.487 e. The molecule has 2 N–H and O–H groups in total. The first-order chi connectivity index (χ1) is 11.0. The van der Waals surface area contributed by atoms with E-state index >= 15 is 0 Å². The van der Waals surface area contributed by atoms with E-state index in [0.717, 1.165) is 24.0 Å². The molecular weight excluding hydrogens is 518 g/mol. The Hall–Kier alpha value is -1.60. The summed E-state index contributed by atoms with van der Waals surface area (Å²) in [5.41, 5.74) is 6.90. The monoisotopic (exact) mass is 530 g/mol. The van der Waals surface area contributed by atoms with Crippen molar-refractivity contribution in [2.45, 2.75) is 6.61 Å². The van der Waals surface area contributed by atoms with E-state index in [1.165, 1.54) is 6.08 Å². The first-order valence-corrected chi connectivity index (χ1v) is 8.74. The van der Waals surface area contributed by atoms with Crippen molar-refractivity contribution in [2.75, 3.05) is 0 Å². The number of carbonyl (C=O) groups is 1. The predicted molar refractivity (Wildman–Crippen MR) is 105 cm³/mol. The normalized spacial score (nSPS) is 10.9. The van der Waals surface area contributed by atoms with Gasteiger partial charge in [-0.05, 0) is 74.5 Å². The van der Waals surface area contributed by atoms with Gasteiger partial charge in [0.05, 0.1) is 7.14 Å². The van der Waals surface area contributed by atoms with Crippen molar-refractivity contribution >= 4 is 57.2 Å². The van der Waals surface area contributed by atoms with Crippen LogP contribution in [-0.2, 0) is 11.4 Å². The van der Waals surface area contributed by atoms with E-state index in [4.69, 9.17) is 15.7 Å². The molecule has 0 atom stereocenters. The Bertz CT molecular complexity index is 773. The van der Waals surface area contributed by atoms with Gasteiger partial charge in [-0.2, -0.15) is 5.26 Å². The average Bonchev–Trinajstić information content (AvgIpc) is 2.52. The predicted octanol–water partition coefficient (Wildman–Crippen LogP) is 3.87. The van der Waals surface area contributed by atoms with Crippen LogP contribution in [0, 0.1) is 18.5 Å². The Balaban J connectivity index is 2.24. The molecule has 0 saturated heterocycles. The van der Waals surface area contributed by atoms with Gasteiger partial charge < -0.3 is 10.5 Å². The molecule has 0 radical (unpaired) electrons. The van der Waals surface area contributed by atoms with Crippen LogP contribution in [0.4, 0.5) is 0 Å². The van der Waals surface area contributed by atoms with Crippen LogP contribution in [0.1, 0.15) is 11.1 Å². The van der Waals surface area contributed by atoms with E-state index in [1.54, 1.807) is 6.07 Å². The van der Waals surface area contributed by atoms with Gasteiger partial charge in [0.2, 0.25) is 0 Å². The Morgan fingerprint density at radius 1 is 1.22 bits per heavy atom. The minimum atomic E-state index is -0.734. The number of amides is 1. The second kappa shape index (κ2) is 8.31. The molecule has 23 heavy (non-hydrogen) atoms. The van der Waals surface area contributed by atoms with Gasteiger partial charge in [-0.1, -0.05) is 30.3 Å². The molecule has 2 aromatic rings. The maximum atomic E-state index is 11.1. The summed E-state index contributed by atoms with van der Waals surface area (Å²) in [7, 11) is 0. The topological polar surface area (TPSA) is 76.1 Å². The Morgan fingerprint density at radius 2 is 1.83 bits per heavy atom. The first-order valence-electron chi connectivity index (χ1n) is 6.58. The van der Waals surface area contributed by atoms with Crippen molar-refractivity contribution in [3.63, 3.8) is 0 Å². The third kappa shape index (κ3) is 4.94. The van der Waals surface area contributed by atoms with Crippen molar-refractivity contribution in [1.29, 1.82) is 5.26 Å². The van der Waals surface area contributed by atoms with Gasteiger partial charge in [0.25, 0.3) is 5.91 Å². The number of halogens is 2. The highest BCUT2D eigenvalue weighted by atomic mass is 127. The van der Waals surface area contributed by atoms with Crippen LogP contribution in [-0.4, -0.2) is 5.91 Å². The van der Waals surface area contributed by atoms with E-state index in [9.17, 15) is 4.79 Å². The zero-order chi connectivity index (χ0) is 16.8. The zero-order valence-electron chi connectivity index (χ0n) is 11.9. The van der Waals surface area contributed by atoms with Crippen molar-refractivity contribution in [3.8, 4) is 11.8 Å². The number of primary amides is 1. The van der Waals surface area contributed by atoms with Gasteiger partial charge in [-0.25, -0.2) is 0 Å². The first kappa shape index (κ1) is 17.7. The minimum absolute atomic E-state index is 0.0745. The number of benzene rings is 2. The fraction of sp³-hybridized carbons (Fsp3) is 0.0588. The summed E-state index contributed by atoms with van der Waals surface area (Å²) in [6, 6.07) is 15.4. The molecular formula is C17H12I2N2O2. The fourth-order valence-corrected chi connectivity index (χ4v) is 3.98. The highest BCUT2D eigenvalue weighted by Gasteiger charge is 2.10. The summed E-state index contributed by atoms with van der Waals surface area (Å²) in [6.45, 7) is 0.479. The van der Waals surface area contributed by atoms with Crippen LogP contribution in [0.2, 0.25) is 0 Å². The van der Waals surface area contributed by atoms with Gasteiger partial charge in [0.15, 0.2) is 0 Å². The second-order valence-electron chi connectivity index (χ2n) is 4.62. The SMILES string of the molecule is N#C/C(=C\c1cc(I)c(OCc2ccccc2)c(I)c1)C(N)=O. The van der Waals surface area contributed by atoms with Gasteiger partial charge in [-0.15, -0.1) is 0 Å². The molecule has 116 valence electrons. The number of hydrogen-bond donors (Lipinski definition) is 1. The third-order valence-electron chi connectivity index (χ3n) is 2.94. The molecule has 0 fully saturated rings. The molecule has 0 heterocycles. The molecule has 0 spiro atoms. The maximum absolute atomic E-state index is 11.1. The van der Waals surface area contributed by atoms with Gasteiger partial charge in [-0.3, -0.25) is 4.79 Å². The van der Waals surface area contributed by atoms with E-state index in [-0.39, 0.29) is 5.57 Å². The number of ether oxygens (including phenoxy) is 1. The zero-order valence-corrected chi connectivity index (χ0v) is 16.2. The van der Waals surface area contributed by atoms with Crippen molar-refractivity contribution in [3.05, 3.63) is 66.3 Å². The lowest BCUT2D eigenvalue weighted by Gasteiger charge is -2.11. The highest BCUT2D eigenvalue weighted by Crippen LogP contribution is 2.30. The largest absolute Gasteiger partial charge is 0.487 e. The summed E-state index contributed by atoms with van der Waals surface area (Å²) in [6.07, 6.45) is 1.48. The maximum Gasteiger partial charge on any atom is 0.259 e. The van der Waals surface area contributed by atoms with Gasteiger partial charge in [0, 0.05) is 0 Å². The molecule has 0 saturated carbocycles. The summed E-state index contributed by atoms with van der Waals surface area (Å²) in [5, 5.41) is 8.91. The molecule has 1 amide bonds. The van der Waals surface area contributed by atoms with Crippen LogP contribution in [0.5, 0.6) is 5.75 Å². The molecule has 2 rings (SSSR count). The number of hydrogen-bond acceptors (Lipinski definition) is 3. The number of nitriles is 1. The molecule has 6 heteroatoms. The molecule has 0 aliphatic rings. The highest BCUT2D eigenvalue weighted by molar-refractivity contribution is 14.1. The Labute approximate surface area is 161 Å². The smallest absolute Gasteiger partial charge is 0.259 e. The molecule has 0 aliphatic carbocycles. The molecule has 0 aromatic heterocycles. The quantitative estimate of drug-likeness (QED) is 0.363. The second-order valence-corrected chi connectivity index (χ2v) is 6.95. The van der Waals surface area contributed by atoms with Crippen LogP contribution in [0.25, 0.3) is 6.08 Å². The number of rotatable bonds is 5. The van der Waals surface area contributed by atoms with E-state index in [0.29, 0.717) is 6.61 Å². The van der Waals surface area contributed by atoms with Crippen LogP contribution < -0.4 is 10.5 Å². The Kier molecular flexibility index (Phi) is 6.41. The molecule has 4 nitrogen and oxygen atoms in total. The lowest BCUT2D eigenvalue weighted by Crippen LogP contribution is -2.12. The number of nitrogens with zero attached hydrogens (tertiary/aromatic N) is 1. The molecule has 0 aliphatic heterocycles. The van der Waals surface area contributed by atoms with E-state index in [1.807, 2.05) is 42.5 Å². The number of carbonyl (C=O) groups excluding carboxylic acids is 1. The van der Waals surface area contributed by atoms with Crippen molar-refractivity contribution in [1.82, 2.24) is 0 Å². The van der Waals surface area contributed by atoms with Crippen LogP contribution >= 0.6 is 45.2 Å². The summed E-state index contributed by atoms with van der Waals surface area (Å²) < 4.78 is 7.70. The van der Waals surface area contributed by atoms with Crippen molar-refractivity contribution in [2.24, 2.45) is 5.73 Å².